The molecule has 14 heteroatoms. The molecule has 1 amide bonds. The van der Waals surface area contributed by atoms with E-state index in [0.29, 0.717) is 16.6 Å². The molecule has 1 fully saturated rings. The first kappa shape index (κ1) is 24.7. The van der Waals surface area contributed by atoms with E-state index in [-0.39, 0.29) is 42.4 Å². The van der Waals surface area contributed by atoms with Crippen molar-refractivity contribution in [3.8, 4) is 17.0 Å². The number of aliphatic hydroxyl groups excluding tert-OH is 1. The minimum atomic E-state index is -3.33. The van der Waals surface area contributed by atoms with Gasteiger partial charge in [-0.15, -0.1) is 5.10 Å². The second-order valence-electron chi connectivity index (χ2n) is 8.64. The Balaban J connectivity index is 1.50. The van der Waals surface area contributed by atoms with Gasteiger partial charge in [-0.3, -0.25) is 4.79 Å². The van der Waals surface area contributed by atoms with Gasteiger partial charge in [0.2, 0.25) is 17.7 Å². The zero-order valence-corrected chi connectivity index (χ0v) is 19.7. The lowest BCUT2D eigenvalue weighted by Crippen LogP contribution is -2.56. The summed E-state index contributed by atoms with van der Waals surface area (Å²) in [5.41, 5.74) is 1.98. The Morgan fingerprint density at radius 2 is 2.16 bits per heavy atom. The van der Waals surface area contributed by atoms with Crippen LogP contribution in [0.15, 0.2) is 30.7 Å². The standard InChI is InChI=1S/C23H23F4N7O3/c1-37-21-20-19(13-2-3-15-16(8-13)33(7-5-24)12-28-15)14(25)9-34(20)31-22(30-21)29-17-4-6-32(18(36)10-35)11-23(17,26)27/h2-3,8-9,12,17,35H,4-7,10-11H2,1H3,(H,29,31)/t17-/m1/s1. The molecule has 5 rings (SSSR count). The third-order valence-corrected chi connectivity index (χ3v) is 6.37. The molecule has 37 heavy (non-hydrogen) atoms. The van der Waals surface area contributed by atoms with E-state index in [2.05, 4.69) is 20.4 Å². The average molecular weight is 521 g/mol. The van der Waals surface area contributed by atoms with Gasteiger partial charge in [0.05, 0.1) is 55.4 Å². The third-order valence-electron chi connectivity index (χ3n) is 6.37. The molecule has 196 valence electrons. The SMILES string of the molecule is COc1nc(N[C@@H]2CCN(C(=O)CO)CC2(F)F)nn2cc(F)c(-c3ccc4ncn(CCF)c4c3)c12. The van der Waals surface area contributed by atoms with Crippen molar-refractivity contribution in [2.24, 2.45) is 0 Å². The summed E-state index contributed by atoms with van der Waals surface area (Å²) in [4.78, 5) is 20.9. The van der Waals surface area contributed by atoms with E-state index in [1.807, 2.05) is 0 Å². The van der Waals surface area contributed by atoms with Crippen molar-refractivity contribution < 1.29 is 32.2 Å². The molecule has 0 spiro atoms. The van der Waals surface area contributed by atoms with E-state index in [1.54, 1.807) is 22.8 Å². The number of carbonyl (C=O) groups excluding carboxylic acids is 1. The number of piperidine rings is 1. The van der Waals surface area contributed by atoms with Crippen LogP contribution in [0.3, 0.4) is 0 Å². The molecule has 1 aromatic carbocycles. The van der Waals surface area contributed by atoms with Gasteiger partial charge in [-0.1, -0.05) is 6.07 Å². The minimum absolute atomic E-state index is 0.00971. The number of likely N-dealkylation sites (tertiary alicyclic amines) is 1. The van der Waals surface area contributed by atoms with Crippen LogP contribution in [0, 0.1) is 5.82 Å². The van der Waals surface area contributed by atoms with Gasteiger partial charge in [0.25, 0.3) is 5.92 Å². The number of alkyl halides is 3. The fraction of sp³-hybridized carbons (Fsp3) is 0.391. The number of aryl methyl sites for hydroxylation is 1. The number of imidazole rings is 1. The highest BCUT2D eigenvalue weighted by Gasteiger charge is 2.46. The Morgan fingerprint density at radius 1 is 1.35 bits per heavy atom. The van der Waals surface area contributed by atoms with Crippen LogP contribution in [0.25, 0.3) is 27.7 Å². The molecule has 10 nitrogen and oxygen atoms in total. The molecule has 0 radical (unpaired) electrons. The molecular weight excluding hydrogens is 498 g/mol. The van der Waals surface area contributed by atoms with Crippen LogP contribution in [0.5, 0.6) is 5.88 Å². The predicted octanol–water partition coefficient (Wildman–Crippen LogP) is 2.50. The van der Waals surface area contributed by atoms with Gasteiger partial charge in [0.1, 0.15) is 18.8 Å². The number of nitrogens with one attached hydrogen (secondary N) is 1. The summed E-state index contributed by atoms with van der Waals surface area (Å²) in [6.07, 6.45) is 2.47. The Bertz CT molecular complexity index is 1470. The topological polar surface area (TPSA) is 110 Å². The molecule has 1 atom stereocenters. The van der Waals surface area contributed by atoms with Crippen LogP contribution in [-0.2, 0) is 11.3 Å². The second kappa shape index (κ2) is 9.50. The van der Waals surface area contributed by atoms with Crippen molar-refractivity contribution in [3.63, 3.8) is 0 Å². The number of ether oxygens (including phenoxy) is 1. The number of hydrogen-bond donors (Lipinski definition) is 2. The smallest absolute Gasteiger partial charge is 0.285 e. The first-order chi connectivity index (χ1) is 17.7. The molecule has 3 aromatic heterocycles. The van der Waals surface area contributed by atoms with Gasteiger partial charge in [0, 0.05) is 6.54 Å². The van der Waals surface area contributed by atoms with Gasteiger partial charge >= 0.3 is 0 Å². The Morgan fingerprint density at radius 3 is 2.86 bits per heavy atom. The lowest BCUT2D eigenvalue weighted by Gasteiger charge is -2.38. The van der Waals surface area contributed by atoms with Crippen LogP contribution >= 0.6 is 0 Å². The number of aromatic nitrogens is 5. The van der Waals surface area contributed by atoms with E-state index >= 15 is 4.39 Å². The zero-order chi connectivity index (χ0) is 26.3. The number of nitrogens with zero attached hydrogens (tertiary/aromatic N) is 6. The monoisotopic (exact) mass is 521 g/mol. The van der Waals surface area contributed by atoms with Gasteiger partial charge < -0.3 is 24.6 Å². The summed E-state index contributed by atoms with van der Waals surface area (Å²) in [6.45, 7) is -2.20. The number of fused-ring (bicyclic) bond motifs is 2. The molecule has 2 N–H and O–H groups in total. The van der Waals surface area contributed by atoms with Crippen LogP contribution in [0.1, 0.15) is 6.42 Å². The van der Waals surface area contributed by atoms with Crippen molar-refractivity contribution in [1.82, 2.24) is 29.0 Å². The number of rotatable bonds is 7. The van der Waals surface area contributed by atoms with E-state index in [9.17, 15) is 18.0 Å². The van der Waals surface area contributed by atoms with Crippen molar-refractivity contribution in [3.05, 3.63) is 36.5 Å². The van der Waals surface area contributed by atoms with Gasteiger partial charge in [-0.05, 0) is 24.1 Å². The quantitative estimate of drug-likeness (QED) is 0.360. The maximum atomic E-state index is 15.2. The molecule has 0 bridgehead atoms. The number of halogens is 4. The van der Waals surface area contributed by atoms with Crippen molar-refractivity contribution in [1.29, 1.82) is 0 Å². The maximum Gasteiger partial charge on any atom is 0.285 e. The van der Waals surface area contributed by atoms with Crippen molar-refractivity contribution in [2.45, 2.75) is 24.9 Å². The maximum absolute atomic E-state index is 15.2. The minimum Gasteiger partial charge on any atom is -0.479 e. The molecule has 4 aromatic rings. The Labute approximate surface area is 207 Å². The molecule has 1 aliphatic rings. The highest BCUT2D eigenvalue weighted by molar-refractivity contribution is 5.90. The molecule has 0 unspecified atom stereocenters. The molecule has 0 aliphatic carbocycles. The molecular formula is C23H23F4N7O3. The van der Waals surface area contributed by atoms with Gasteiger partial charge in [-0.2, -0.15) is 4.98 Å². The number of carbonyl (C=O) groups is 1. The molecule has 1 saturated heterocycles. The first-order valence-electron chi connectivity index (χ1n) is 11.4. The highest BCUT2D eigenvalue weighted by Crippen LogP contribution is 2.36. The molecule has 4 heterocycles. The first-order valence-corrected chi connectivity index (χ1v) is 11.4. The summed E-state index contributed by atoms with van der Waals surface area (Å²) < 4.78 is 65.8. The lowest BCUT2D eigenvalue weighted by molar-refractivity contribution is -0.145. The van der Waals surface area contributed by atoms with Crippen LogP contribution < -0.4 is 10.1 Å². The van der Waals surface area contributed by atoms with E-state index in [0.717, 1.165) is 15.6 Å². The fourth-order valence-electron chi connectivity index (χ4n) is 4.57. The van der Waals surface area contributed by atoms with Crippen LogP contribution in [0.2, 0.25) is 0 Å². The van der Waals surface area contributed by atoms with Gasteiger partial charge in [0.15, 0.2) is 5.82 Å². The second-order valence-corrected chi connectivity index (χ2v) is 8.64. The Hall–Kier alpha value is -3.94. The summed E-state index contributed by atoms with van der Waals surface area (Å²) in [7, 11) is 1.31. The number of methoxy groups -OCH3 is 1. The number of benzene rings is 1. The normalized spacial score (nSPS) is 17.5. The predicted molar refractivity (Wildman–Crippen MR) is 125 cm³/mol. The summed E-state index contributed by atoms with van der Waals surface area (Å²) >= 11 is 0. The average Bonchev–Trinajstić information content (AvgIpc) is 3.43. The zero-order valence-electron chi connectivity index (χ0n) is 19.7. The van der Waals surface area contributed by atoms with E-state index < -0.39 is 43.5 Å². The van der Waals surface area contributed by atoms with E-state index in [4.69, 9.17) is 9.84 Å². The largest absolute Gasteiger partial charge is 0.479 e. The molecule has 0 saturated carbocycles. The lowest BCUT2D eigenvalue weighted by atomic mass is 10.0. The Kier molecular flexibility index (Phi) is 6.35. The summed E-state index contributed by atoms with van der Waals surface area (Å²) in [5.74, 6) is -5.03. The number of amides is 1. The number of anilines is 1. The van der Waals surface area contributed by atoms with Crippen LogP contribution in [0.4, 0.5) is 23.5 Å². The van der Waals surface area contributed by atoms with Gasteiger partial charge in [-0.25, -0.2) is 27.1 Å². The third kappa shape index (κ3) is 4.41. The van der Waals surface area contributed by atoms with Crippen LogP contribution in [-0.4, -0.2) is 85.5 Å². The summed E-state index contributed by atoms with van der Waals surface area (Å²) in [5, 5.41) is 15.7. The number of aliphatic hydroxyl groups is 1. The van der Waals surface area contributed by atoms with E-state index in [1.165, 1.54) is 13.4 Å². The highest BCUT2D eigenvalue weighted by atomic mass is 19.3. The number of hydrogen-bond acceptors (Lipinski definition) is 7. The van der Waals surface area contributed by atoms with Crippen molar-refractivity contribution in [2.75, 3.05) is 38.8 Å². The fourth-order valence-corrected chi connectivity index (χ4v) is 4.57. The molecule has 1 aliphatic heterocycles. The van der Waals surface area contributed by atoms with Crippen molar-refractivity contribution >= 4 is 28.4 Å². The summed E-state index contributed by atoms with van der Waals surface area (Å²) in [6, 6.07) is 3.60.